The highest BCUT2D eigenvalue weighted by molar-refractivity contribution is 5.68. The number of nitrogens with two attached hydrogens (primary N) is 1. The largest absolute Gasteiger partial charge is 0.444 e. The summed E-state index contributed by atoms with van der Waals surface area (Å²) in [5.41, 5.74) is 5.46. The van der Waals surface area contributed by atoms with Gasteiger partial charge in [-0.1, -0.05) is 0 Å². The summed E-state index contributed by atoms with van der Waals surface area (Å²) in [6.07, 6.45) is 5.20. The lowest BCUT2D eigenvalue weighted by atomic mass is 9.92. The lowest BCUT2D eigenvalue weighted by Gasteiger charge is -2.27. The molecule has 2 fully saturated rings. The summed E-state index contributed by atoms with van der Waals surface area (Å²) in [6.45, 7) is 5.63. The highest BCUT2D eigenvalue weighted by Crippen LogP contribution is 2.26. The Morgan fingerprint density at radius 3 is 2.37 bits per heavy atom. The molecule has 19 heavy (non-hydrogen) atoms. The third kappa shape index (κ3) is 4.99. The van der Waals surface area contributed by atoms with Crippen LogP contribution >= 0.6 is 0 Å². The summed E-state index contributed by atoms with van der Waals surface area (Å²) in [5, 5.41) is 6.52. The molecule has 2 aliphatic carbocycles. The molecule has 0 radical (unpaired) electrons. The molecule has 0 aromatic carbocycles. The van der Waals surface area contributed by atoms with Crippen molar-refractivity contribution in [1.29, 1.82) is 0 Å². The molecule has 0 spiro atoms. The van der Waals surface area contributed by atoms with E-state index in [-0.39, 0.29) is 12.1 Å². The number of hydrogen-bond acceptors (Lipinski definition) is 4. The summed E-state index contributed by atoms with van der Waals surface area (Å²) < 4.78 is 5.25. The van der Waals surface area contributed by atoms with E-state index in [0.29, 0.717) is 18.1 Å². The molecular weight excluding hydrogens is 242 g/mol. The second kappa shape index (κ2) is 5.67. The Bertz CT molecular complexity index is 319. The molecule has 0 heterocycles. The van der Waals surface area contributed by atoms with Crippen LogP contribution in [0.3, 0.4) is 0 Å². The van der Waals surface area contributed by atoms with Gasteiger partial charge in [-0.3, -0.25) is 0 Å². The lowest BCUT2D eigenvalue weighted by Crippen LogP contribution is -2.42. The van der Waals surface area contributed by atoms with Crippen molar-refractivity contribution >= 4 is 6.09 Å². The minimum absolute atomic E-state index is 0.227. The highest BCUT2D eigenvalue weighted by Gasteiger charge is 2.40. The highest BCUT2D eigenvalue weighted by atomic mass is 16.6. The third-order valence-electron chi connectivity index (χ3n) is 3.71. The van der Waals surface area contributed by atoms with E-state index in [4.69, 9.17) is 10.5 Å². The number of nitrogens with one attached hydrogen (secondary N) is 2. The van der Waals surface area contributed by atoms with Crippen LogP contribution in [0.1, 0.15) is 52.9 Å². The van der Waals surface area contributed by atoms with E-state index in [9.17, 15) is 4.79 Å². The van der Waals surface area contributed by atoms with Crippen LogP contribution in [-0.2, 0) is 4.74 Å². The first-order chi connectivity index (χ1) is 8.83. The molecular formula is C14H27N3O2. The molecule has 4 N–H and O–H groups in total. The number of rotatable bonds is 3. The van der Waals surface area contributed by atoms with Gasteiger partial charge in [-0.15, -0.1) is 0 Å². The predicted octanol–water partition coefficient (Wildman–Crippen LogP) is 1.51. The first-order valence-electron chi connectivity index (χ1n) is 7.34. The van der Waals surface area contributed by atoms with Crippen LogP contribution in [0.5, 0.6) is 0 Å². The Balaban J connectivity index is 1.63. The molecule has 0 aliphatic heterocycles. The average Bonchev–Trinajstić information content (AvgIpc) is 2.97. The van der Waals surface area contributed by atoms with E-state index in [2.05, 4.69) is 10.6 Å². The second-order valence-corrected chi connectivity index (χ2v) is 6.87. The van der Waals surface area contributed by atoms with Crippen LogP contribution < -0.4 is 16.4 Å². The monoisotopic (exact) mass is 269 g/mol. The molecule has 0 saturated heterocycles. The van der Waals surface area contributed by atoms with Crippen LogP contribution in [0.2, 0.25) is 0 Å². The van der Waals surface area contributed by atoms with Crippen LogP contribution in [0, 0.1) is 0 Å². The van der Waals surface area contributed by atoms with E-state index in [0.717, 1.165) is 32.1 Å². The lowest BCUT2D eigenvalue weighted by molar-refractivity contribution is 0.0521. The van der Waals surface area contributed by atoms with E-state index < -0.39 is 5.60 Å². The minimum atomic E-state index is -0.429. The van der Waals surface area contributed by atoms with Gasteiger partial charge in [-0.2, -0.15) is 0 Å². The molecule has 110 valence electrons. The van der Waals surface area contributed by atoms with Gasteiger partial charge in [0.25, 0.3) is 0 Å². The van der Waals surface area contributed by atoms with Crippen LogP contribution in [0.4, 0.5) is 4.79 Å². The summed E-state index contributed by atoms with van der Waals surface area (Å²) >= 11 is 0. The molecule has 2 unspecified atom stereocenters. The number of hydrogen-bond donors (Lipinski definition) is 3. The fourth-order valence-corrected chi connectivity index (χ4v) is 2.59. The summed E-state index contributed by atoms with van der Waals surface area (Å²) in [4.78, 5) is 11.6. The maximum absolute atomic E-state index is 11.6. The first-order valence-corrected chi connectivity index (χ1v) is 7.34. The molecule has 1 amide bonds. The van der Waals surface area contributed by atoms with Crippen molar-refractivity contribution in [3.8, 4) is 0 Å². The SMILES string of the molecule is CC(C)(C)OC(=O)NC1CC1NC1CCC(N)CC1. The van der Waals surface area contributed by atoms with Gasteiger partial charge >= 0.3 is 6.09 Å². The normalized spacial score (nSPS) is 34.7. The first kappa shape index (κ1) is 14.6. The molecule has 0 aromatic heterocycles. The van der Waals surface area contributed by atoms with Gasteiger partial charge < -0.3 is 21.1 Å². The van der Waals surface area contributed by atoms with E-state index in [1.54, 1.807) is 0 Å². The van der Waals surface area contributed by atoms with Crippen molar-refractivity contribution in [1.82, 2.24) is 10.6 Å². The third-order valence-corrected chi connectivity index (χ3v) is 3.71. The maximum atomic E-state index is 11.6. The van der Waals surface area contributed by atoms with E-state index in [1.165, 1.54) is 0 Å². The van der Waals surface area contributed by atoms with Crippen LogP contribution in [-0.4, -0.2) is 35.9 Å². The number of carbonyl (C=O) groups is 1. The van der Waals surface area contributed by atoms with Gasteiger partial charge in [-0.05, 0) is 52.9 Å². The minimum Gasteiger partial charge on any atom is -0.444 e. The Hall–Kier alpha value is -0.810. The molecule has 0 aromatic rings. The van der Waals surface area contributed by atoms with Crippen molar-refractivity contribution in [2.24, 2.45) is 5.73 Å². The second-order valence-electron chi connectivity index (χ2n) is 6.87. The molecule has 0 bridgehead atoms. The fraction of sp³-hybridized carbons (Fsp3) is 0.929. The van der Waals surface area contributed by atoms with Crippen molar-refractivity contribution in [3.63, 3.8) is 0 Å². The summed E-state index contributed by atoms with van der Waals surface area (Å²) in [7, 11) is 0. The van der Waals surface area contributed by atoms with Crippen LogP contribution in [0.15, 0.2) is 0 Å². The Morgan fingerprint density at radius 1 is 1.16 bits per heavy atom. The van der Waals surface area contributed by atoms with E-state index >= 15 is 0 Å². The van der Waals surface area contributed by atoms with Gasteiger partial charge in [0.15, 0.2) is 0 Å². The number of carbonyl (C=O) groups excluding carboxylic acids is 1. The van der Waals surface area contributed by atoms with Gasteiger partial charge in [0.1, 0.15) is 5.60 Å². The fourth-order valence-electron chi connectivity index (χ4n) is 2.59. The summed E-state index contributed by atoms with van der Waals surface area (Å²) in [6, 6.07) is 1.58. The Morgan fingerprint density at radius 2 is 1.79 bits per heavy atom. The van der Waals surface area contributed by atoms with E-state index in [1.807, 2.05) is 20.8 Å². The Labute approximate surface area is 115 Å². The standard InChI is InChI=1S/C14H27N3O2/c1-14(2,3)19-13(18)17-12-8-11(12)16-10-6-4-9(15)5-7-10/h9-12,16H,4-8,15H2,1-3H3,(H,17,18). The van der Waals surface area contributed by atoms with Gasteiger partial charge in [0.2, 0.25) is 0 Å². The van der Waals surface area contributed by atoms with Gasteiger partial charge in [-0.25, -0.2) is 4.79 Å². The van der Waals surface area contributed by atoms with Crippen molar-refractivity contribution in [3.05, 3.63) is 0 Å². The zero-order valence-electron chi connectivity index (χ0n) is 12.2. The average molecular weight is 269 g/mol. The summed E-state index contributed by atoms with van der Waals surface area (Å²) in [5.74, 6) is 0. The van der Waals surface area contributed by atoms with Crippen molar-refractivity contribution < 1.29 is 9.53 Å². The number of amides is 1. The number of ether oxygens (including phenoxy) is 1. The topological polar surface area (TPSA) is 76.4 Å². The van der Waals surface area contributed by atoms with Gasteiger partial charge in [0.05, 0.1) is 0 Å². The molecule has 2 rings (SSSR count). The predicted molar refractivity (Wildman–Crippen MR) is 74.9 cm³/mol. The number of alkyl carbamates (subject to hydrolysis) is 1. The molecule has 5 nitrogen and oxygen atoms in total. The molecule has 2 saturated carbocycles. The molecule has 5 heteroatoms. The maximum Gasteiger partial charge on any atom is 0.407 e. The van der Waals surface area contributed by atoms with Crippen molar-refractivity contribution in [2.75, 3.05) is 0 Å². The van der Waals surface area contributed by atoms with Gasteiger partial charge in [0, 0.05) is 24.2 Å². The zero-order chi connectivity index (χ0) is 14.0. The Kier molecular flexibility index (Phi) is 4.36. The molecule has 2 atom stereocenters. The van der Waals surface area contributed by atoms with Crippen LogP contribution in [0.25, 0.3) is 0 Å². The zero-order valence-corrected chi connectivity index (χ0v) is 12.2. The quantitative estimate of drug-likeness (QED) is 0.726. The van der Waals surface area contributed by atoms with Crippen molar-refractivity contribution in [2.45, 2.75) is 82.6 Å². The molecule has 2 aliphatic rings. The smallest absolute Gasteiger partial charge is 0.407 e.